The van der Waals surface area contributed by atoms with E-state index in [9.17, 15) is 8.42 Å². The number of pyridine rings is 1. The highest BCUT2D eigenvalue weighted by Gasteiger charge is 2.29. The van der Waals surface area contributed by atoms with Crippen LogP contribution in [0.4, 0.5) is 0 Å². The van der Waals surface area contributed by atoms with Crippen molar-refractivity contribution in [2.24, 2.45) is 0 Å². The second-order valence-corrected chi connectivity index (χ2v) is 7.72. The van der Waals surface area contributed by atoms with Gasteiger partial charge in [-0.25, -0.2) is 13.4 Å². The number of hydrogen-bond acceptors (Lipinski definition) is 3. The second kappa shape index (κ2) is 4.63. The first-order valence-electron chi connectivity index (χ1n) is 6.71. The summed E-state index contributed by atoms with van der Waals surface area (Å²) >= 11 is 0. The van der Waals surface area contributed by atoms with Crippen LogP contribution in [0.1, 0.15) is 30.7 Å². The van der Waals surface area contributed by atoms with Gasteiger partial charge in [0.1, 0.15) is 5.65 Å². The van der Waals surface area contributed by atoms with Crippen molar-refractivity contribution in [1.29, 1.82) is 0 Å². The Labute approximate surface area is 113 Å². The summed E-state index contributed by atoms with van der Waals surface area (Å²) in [7, 11) is -2.92. The number of hydrogen-bond donors (Lipinski definition) is 0. The number of sulfone groups is 1. The van der Waals surface area contributed by atoms with Crippen LogP contribution in [0.2, 0.25) is 0 Å². The van der Waals surface area contributed by atoms with Gasteiger partial charge in [0.25, 0.3) is 0 Å². The van der Waals surface area contributed by atoms with E-state index in [0.29, 0.717) is 12.2 Å². The van der Waals surface area contributed by atoms with Crippen molar-refractivity contribution < 1.29 is 8.42 Å². The third-order valence-corrected chi connectivity index (χ3v) is 6.17. The van der Waals surface area contributed by atoms with Gasteiger partial charge in [-0.05, 0) is 31.9 Å². The van der Waals surface area contributed by atoms with E-state index in [1.165, 1.54) is 0 Å². The largest absolute Gasteiger partial charge is 0.304 e. The molecule has 1 saturated heterocycles. The second-order valence-electron chi connectivity index (χ2n) is 5.32. The van der Waals surface area contributed by atoms with Crippen molar-refractivity contribution in [3.8, 4) is 0 Å². The zero-order chi connectivity index (χ0) is 13.5. The summed E-state index contributed by atoms with van der Waals surface area (Å²) in [4.78, 5) is 4.53. The van der Waals surface area contributed by atoms with Crippen molar-refractivity contribution in [2.75, 3.05) is 5.75 Å². The van der Waals surface area contributed by atoms with Crippen molar-refractivity contribution in [3.63, 3.8) is 0 Å². The van der Waals surface area contributed by atoms with Crippen LogP contribution in [0.25, 0.3) is 5.65 Å². The van der Waals surface area contributed by atoms with Crippen LogP contribution in [0, 0.1) is 6.92 Å². The number of nitrogens with zero attached hydrogens (tertiary/aromatic N) is 2. The smallest absolute Gasteiger partial charge is 0.153 e. The molecule has 0 saturated carbocycles. The molecule has 2 aromatic rings. The summed E-state index contributed by atoms with van der Waals surface area (Å²) in [5.41, 5.74) is 2.88. The summed E-state index contributed by atoms with van der Waals surface area (Å²) in [6.07, 6.45) is 5.10. The van der Waals surface area contributed by atoms with Crippen molar-refractivity contribution in [2.45, 2.75) is 37.9 Å². The normalized spacial score (nSPS) is 22.7. The molecule has 0 spiro atoms. The van der Waals surface area contributed by atoms with Crippen molar-refractivity contribution in [3.05, 3.63) is 35.8 Å². The number of imidazole rings is 1. The lowest BCUT2D eigenvalue weighted by Crippen LogP contribution is -2.30. The Bertz CT molecular complexity index is 703. The number of aryl methyl sites for hydroxylation is 1. The minimum atomic E-state index is -2.92. The van der Waals surface area contributed by atoms with Gasteiger partial charge < -0.3 is 4.40 Å². The average Bonchev–Trinajstić information content (AvgIpc) is 2.76. The van der Waals surface area contributed by atoms with Crippen LogP contribution in [0.3, 0.4) is 0 Å². The van der Waals surface area contributed by atoms with Gasteiger partial charge in [-0.1, -0.05) is 12.5 Å². The molecule has 1 unspecified atom stereocenters. The summed E-state index contributed by atoms with van der Waals surface area (Å²) in [5.74, 6) is 0.337. The number of rotatable bonds is 2. The highest BCUT2D eigenvalue weighted by molar-refractivity contribution is 7.92. The minimum Gasteiger partial charge on any atom is -0.304 e. The molecule has 0 aliphatic carbocycles. The standard InChI is InChI=1S/C14H18N2O2S/c1-11-5-4-7-14-15-12(10-16(11)14)9-13-6-2-3-8-19(13,17)18/h4-5,7,10,13H,2-3,6,8-9H2,1H3. The molecule has 5 heteroatoms. The third kappa shape index (κ3) is 2.39. The molecule has 1 fully saturated rings. The van der Waals surface area contributed by atoms with Crippen LogP contribution in [-0.4, -0.2) is 28.8 Å². The molecule has 2 aromatic heterocycles. The van der Waals surface area contributed by atoms with Gasteiger partial charge in [0.15, 0.2) is 9.84 Å². The highest BCUT2D eigenvalue weighted by atomic mass is 32.2. The molecule has 0 bridgehead atoms. The molecule has 102 valence electrons. The van der Waals surface area contributed by atoms with Crippen LogP contribution >= 0.6 is 0 Å². The molecule has 1 atom stereocenters. The van der Waals surface area contributed by atoms with Gasteiger partial charge in [-0.15, -0.1) is 0 Å². The molecule has 19 heavy (non-hydrogen) atoms. The van der Waals surface area contributed by atoms with Gasteiger partial charge in [-0.3, -0.25) is 0 Å². The van der Waals surface area contributed by atoms with Crippen LogP contribution < -0.4 is 0 Å². The maximum Gasteiger partial charge on any atom is 0.153 e. The molecule has 0 aromatic carbocycles. The van der Waals surface area contributed by atoms with E-state index in [2.05, 4.69) is 4.98 Å². The fourth-order valence-corrected chi connectivity index (χ4v) is 4.67. The maximum atomic E-state index is 12.0. The summed E-state index contributed by atoms with van der Waals surface area (Å²) < 4.78 is 26.1. The predicted molar refractivity (Wildman–Crippen MR) is 75.1 cm³/mol. The van der Waals surface area contributed by atoms with E-state index >= 15 is 0 Å². The third-order valence-electron chi connectivity index (χ3n) is 3.90. The maximum absolute atomic E-state index is 12.0. The summed E-state index contributed by atoms with van der Waals surface area (Å²) in [6, 6.07) is 5.94. The van der Waals surface area contributed by atoms with Crippen molar-refractivity contribution >= 4 is 15.5 Å². The van der Waals surface area contributed by atoms with Gasteiger partial charge in [-0.2, -0.15) is 0 Å². The summed E-state index contributed by atoms with van der Waals surface area (Å²) in [5, 5.41) is -0.244. The quantitative estimate of drug-likeness (QED) is 0.846. The van der Waals surface area contributed by atoms with E-state index in [-0.39, 0.29) is 5.25 Å². The molecule has 3 heterocycles. The Morgan fingerprint density at radius 1 is 1.37 bits per heavy atom. The highest BCUT2D eigenvalue weighted by Crippen LogP contribution is 2.23. The first kappa shape index (κ1) is 12.7. The molecule has 4 nitrogen and oxygen atoms in total. The van der Waals surface area contributed by atoms with E-state index < -0.39 is 9.84 Å². The minimum absolute atomic E-state index is 0.244. The molecule has 0 N–H and O–H groups in total. The predicted octanol–water partition coefficient (Wildman–Crippen LogP) is 2.15. The molecular formula is C14H18N2O2S. The van der Waals surface area contributed by atoms with Gasteiger partial charge in [0.2, 0.25) is 0 Å². The lowest BCUT2D eigenvalue weighted by molar-refractivity contribution is 0.536. The van der Waals surface area contributed by atoms with Gasteiger partial charge in [0.05, 0.1) is 16.7 Å². The first-order valence-corrected chi connectivity index (χ1v) is 8.43. The Morgan fingerprint density at radius 3 is 2.95 bits per heavy atom. The Morgan fingerprint density at radius 2 is 2.21 bits per heavy atom. The average molecular weight is 278 g/mol. The lowest BCUT2D eigenvalue weighted by Gasteiger charge is -2.21. The van der Waals surface area contributed by atoms with Crippen molar-refractivity contribution in [1.82, 2.24) is 9.38 Å². The fourth-order valence-electron chi connectivity index (χ4n) is 2.78. The lowest BCUT2D eigenvalue weighted by atomic mass is 10.1. The zero-order valence-electron chi connectivity index (χ0n) is 11.0. The van der Waals surface area contributed by atoms with E-state index in [1.54, 1.807) is 0 Å². The Balaban J connectivity index is 1.91. The van der Waals surface area contributed by atoms with Crippen LogP contribution in [0.15, 0.2) is 24.4 Å². The first-order chi connectivity index (χ1) is 9.06. The number of aromatic nitrogens is 2. The Kier molecular flexibility index (Phi) is 3.09. The molecule has 1 aliphatic rings. The summed E-state index contributed by atoms with van der Waals surface area (Å²) in [6.45, 7) is 2.02. The van der Waals surface area contributed by atoms with E-state index in [1.807, 2.05) is 35.7 Å². The molecule has 3 rings (SSSR count). The van der Waals surface area contributed by atoms with Crippen LogP contribution in [-0.2, 0) is 16.3 Å². The monoisotopic (exact) mass is 278 g/mol. The van der Waals surface area contributed by atoms with Gasteiger partial charge in [0, 0.05) is 18.3 Å². The molecule has 0 radical (unpaired) electrons. The van der Waals surface area contributed by atoms with E-state index in [0.717, 1.165) is 36.3 Å². The number of fused-ring (bicyclic) bond motifs is 1. The van der Waals surface area contributed by atoms with E-state index in [4.69, 9.17) is 0 Å². The molecular weight excluding hydrogens is 260 g/mol. The SMILES string of the molecule is Cc1cccc2nc(CC3CCCCS3(=O)=O)cn12. The van der Waals surface area contributed by atoms with Gasteiger partial charge >= 0.3 is 0 Å². The van der Waals surface area contributed by atoms with Crippen LogP contribution in [0.5, 0.6) is 0 Å². The fraction of sp³-hybridized carbons (Fsp3) is 0.500. The Hall–Kier alpha value is -1.36. The molecule has 0 amide bonds. The zero-order valence-corrected chi connectivity index (χ0v) is 11.9. The molecule has 1 aliphatic heterocycles. The topological polar surface area (TPSA) is 51.4 Å².